The highest BCUT2D eigenvalue weighted by molar-refractivity contribution is 6.03. The molecule has 4 aromatic rings. The van der Waals surface area contributed by atoms with E-state index < -0.39 is 17.6 Å². The van der Waals surface area contributed by atoms with Crippen LogP contribution in [0.25, 0.3) is 22.2 Å². The van der Waals surface area contributed by atoms with Gasteiger partial charge in [-0.2, -0.15) is 5.10 Å². The molecule has 1 aromatic heterocycles. The second-order valence-corrected chi connectivity index (χ2v) is 8.93. The van der Waals surface area contributed by atoms with Gasteiger partial charge in [0.1, 0.15) is 22.9 Å². The number of amides is 2. The monoisotopic (exact) mass is 485 g/mol. The number of nitrogens with zero attached hydrogens (tertiary/aromatic N) is 2. The molecular formula is C28H27N3O5. The number of carbonyl (C=O) groups is 2. The highest BCUT2D eigenvalue weighted by Crippen LogP contribution is 2.36. The lowest BCUT2D eigenvalue weighted by Gasteiger charge is -2.20. The molecule has 2 heterocycles. The van der Waals surface area contributed by atoms with E-state index >= 15 is 0 Å². The van der Waals surface area contributed by atoms with Gasteiger partial charge in [0.2, 0.25) is 5.60 Å². The molecule has 1 aliphatic rings. The second kappa shape index (κ2) is 9.03. The van der Waals surface area contributed by atoms with E-state index in [4.69, 9.17) is 19.3 Å². The average Bonchev–Trinajstić information content (AvgIpc) is 3.34. The molecule has 5 rings (SSSR count). The fraction of sp³-hybridized carbons (Fsp3) is 0.250. The number of aryl methyl sites for hydroxylation is 2. The van der Waals surface area contributed by atoms with Gasteiger partial charge in [-0.1, -0.05) is 25.5 Å². The van der Waals surface area contributed by atoms with Crippen molar-refractivity contribution in [3.05, 3.63) is 71.8 Å². The van der Waals surface area contributed by atoms with Crippen molar-refractivity contribution < 1.29 is 23.8 Å². The Morgan fingerprint density at radius 1 is 1.06 bits per heavy atom. The number of hydrogen-bond donors (Lipinski definition) is 1. The van der Waals surface area contributed by atoms with Crippen LogP contribution in [0.1, 0.15) is 31.4 Å². The van der Waals surface area contributed by atoms with E-state index in [1.165, 1.54) is 0 Å². The van der Waals surface area contributed by atoms with Gasteiger partial charge in [-0.3, -0.25) is 14.8 Å². The molecule has 0 unspecified atom stereocenters. The Hall–Kier alpha value is -4.33. The van der Waals surface area contributed by atoms with Gasteiger partial charge in [0.25, 0.3) is 5.91 Å². The van der Waals surface area contributed by atoms with Gasteiger partial charge in [-0.15, -0.1) is 0 Å². The highest BCUT2D eigenvalue weighted by atomic mass is 16.6. The first-order valence-corrected chi connectivity index (χ1v) is 11.8. The number of hydrogen-bond acceptors (Lipinski definition) is 6. The van der Waals surface area contributed by atoms with Crippen LogP contribution in [0.2, 0.25) is 0 Å². The quantitative estimate of drug-likeness (QED) is 0.373. The first-order valence-electron chi connectivity index (χ1n) is 11.8. The van der Waals surface area contributed by atoms with Crippen LogP contribution < -0.4 is 14.8 Å². The third-order valence-corrected chi connectivity index (χ3v) is 6.47. The number of methoxy groups -OCH3 is 1. The van der Waals surface area contributed by atoms with E-state index in [2.05, 4.69) is 18.3 Å². The van der Waals surface area contributed by atoms with E-state index in [9.17, 15) is 9.59 Å². The lowest BCUT2D eigenvalue weighted by molar-refractivity contribution is -0.130. The van der Waals surface area contributed by atoms with Crippen LogP contribution in [-0.4, -0.2) is 28.9 Å². The fourth-order valence-electron chi connectivity index (χ4n) is 4.51. The van der Waals surface area contributed by atoms with E-state index in [0.717, 1.165) is 52.1 Å². The minimum atomic E-state index is -1.39. The molecule has 36 heavy (non-hydrogen) atoms. The van der Waals surface area contributed by atoms with Crippen molar-refractivity contribution in [1.82, 2.24) is 15.1 Å². The van der Waals surface area contributed by atoms with Crippen molar-refractivity contribution >= 4 is 22.9 Å². The van der Waals surface area contributed by atoms with Crippen molar-refractivity contribution in [2.24, 2.45) is 7.05 Å². The molecule has 0 spiro atoms. The molecule has 8 nitrogen and oxygen atoms in total. The number of nitrogens with one attached hydrogen (secondary N) is 1. The summed E-state index contributed by atoms with van der Waals surface area (Å²) >= 11 is 0. The Balaban J connectivity index is 1.49. The van der Waals surface area contributed by atoms with E-state index in [1.54, 1.807) is 32.2 Å². The van der Waals surface area contributed by atoms with Crippen molar-refractivity contribution in [2.75, 3.05) is 7.11 Å². The maximum absolute atomic E-state index is 12.3. The van der Waals surface area contributed by atoms with Crippen LogP contribution in [0, 0.1) is 0 Å². The standard InChI is InChI=1S/C28H27N3O5/c1-5-7-17-14-18(25-22-12-11-20(34-4)16-23(22)31(3)30-25)10-13-24(17)35-21-9-6-8-19(15-21)28(2)26(32)29-27(33)36-28/h6,8-16H,5,7H2,1-4H3,(H,29,32,33)/t28-/m1/s1. The number of alkyl carbamates (subject to hydrolysis) is 1. The summed E-state index contributed by atoms with van der Waals surface area (Å²) in [7, 11) is 3.57. The number of rotatable bonds is 7. The molecule has 1 aliphatic heterocycles. The first-order chi connectivity index (χ1) is 17.3. The Kier molecular flexibility index (Phi) is 5.88. The predicted octanol–water partition coefficient (Wildman–Crippen LogP) is 5.48. The van der Waals surface area contributed by atoms with Crippen molar-refractivity contribution in [1.29, 1.82) is 0 Å². The number of cyclic esters (lactones) is 1. The van der Waals surface area contributed by atoms with Gasteiger partial charge in [0, 0.05) is 29.6 Å². The van der Waals surface area contributed by atoms with Crippen molar-refractivity contribution in [2.45, 2.75) is 32.3 Å². The van der Waals surface area contributed by atoms with Crippen molar-refractivity contribution in [3.8, 4) is 28.5 Å². The molecule has 0 radical (unpaired) electrons. The Labute approximate surface area is 208 Å². The third-order valence-electron chi connectivity index (χ3n) is 6.47. The SMILES string of the molecule is CCCc1cc(-c2nn(C)c3cc(OC)ccc23)ccc1Oc1cccc([C@@]2(C)OC(=O)NC2=O)c1. The minimum Gasteiger partial charge on any atom is -0.497 e. The smallest absolute Gasteiger partial charge is 0.415 e. The lowest BCUT2D eigenvalue weighted by Crippen LogP contribution is -2.33. The van der Waals surface area contributed by atoms with Crippen LogP contribution in [-0.2, 0) is 28.6 Å². The number of ether oxygens (including phenoxy) is 3. The normalized spacial score (nSPS) is 17.2. The molecule has 0 bridgehead atoms. The maximum Gasteiger partial charge on any atom is 0.415 e. The summed E-state index contributed by atoms with van der Waals surface area (Å²) < 4.78 is 18.8. The number of fused-ring (bicyclic) bond motifs is 1. The summed E-state index contributed by atoms with van der Waals surface area (Å²) in [6.45, 7) is 3.68. The van der Waals surface area contributed by atoms with E-state index in [1.807, 2.05) is 48.1 Å². The minimum absolute atomic E-state index is 0.499. The Morgan fingerprint density at radius 3 is 2.61 bits per heavy atom. The summed E-state index contributed by atoms with van der Waals surface area (Å²) in [6.07, 6.45) is 1.00. The molecule has 1 fully saturated rings. The molecule has 1 N–H and O–H groups in total. The number of aromatic nitrogens is 2. The molecule has 1 atom stereocenters. The van der Waals surface area contributed by atoms with Gasteiger partial charge in [-0.25, -0.2) is 4.79 Å². The molecule has 184 valence electrons. The molecular weight excluding hydrogens is 458 g/mol. The third kappa shape index (κ3) is 4.04. The average molecular weight is 486 g/mol. The van der Waals surface area contributed by atoms with E-state index in [0.29, 0.717) is 11.3 Å². The summed E-state index contributed by atoms with van der Waals surface area (Å²) in [5, 5.41) is 8.00. The molecule has 1 saturated heterocycles. The molecule has 0 saturated carbocycles. The van der Waals surface area contributed by atoms with Gasteiger partial charge in [0.05, 0.1) is 12.6 Å². The zero-order valence-electron chi connectivity index (χ0n) is 20.6. The summed E-state index contributed by atoms with van der Waals surface area (Å²) in [5.74, 6) is 1.55. The molecule has 2 amide bonds. The number of imide groups is 1. The molecule has 3 aromatic carbocycles. The summed E-state index contributed by atoms with van der Waals surface area (Å²) in [5.41, 5.74) is 3.07. The van der Waals surface area contributed by atoms with Gasteiger partial charge < -0.3 is 14.2 Å². The zero-order chi connectivity index (χ0) is 25.4. The van der Waals surface area contributed by atoms with Gasteiger partial charge in [0.15, 0.2) is 0 Å². The van der Waals surface area contributed by atoms with Gasteiger partial charge in [-0.05, 0) is 61.4 Å². The van der Waals surface area contributed by atoms with Crippen molar-refractivity contribution in [3.63, 3.8) is 0 Å². The number of carbonyl (C=O) groups excluding carboxylic acids is 2. The lowest BCUT2D eigenvalue weighted by atomic mass is 9.95. The van der Waals surface area contributed by atoms with E-state index in [-0.39, 0.29) is 0 Å². The first kappa shape index (κ1) is 23.4. The van der Waals surface area contributed by atoms with Crippen LogP contribution in [0.15, 0.2) is 60.7 Å². The van der Waals surface area contributed by atoms with Crippen LogP contribution in [0.4, 0.5) is 4.79 Å². The number of benzene rings is 3. The second-order valence-electron chi connectivity index (χ2n) is 8.93. The van der Waals surface area contributed by atoms with Crippen LogP contribution in [0.3, 0.4) is 0 Å². The molecule has 8 heteroatoms. The fourth-order valence-corrected chi connectivity index (χ4v) is 4.51. The summed E-state index contributed by atoms with van der Waals surface area (Å²) in [4.78, 5) is 23.9. The Morgan fingerprint density at radius 2 is 1.89 bits per heavy atom. The largest absolute Gasteiger partial charge is 0.497 e. The maximum atomic E-state index is 12.3. The van der Waals surface area contributed by atoms with Crippen LogP contribution >= 0.6 is 0 Å². The predicted molar refractivity (Wildman–Crippen MR) is 135 cm³/mol. The topological polar surface area (TPSA) is 91.7 Å². The van der Waals surface area contributed by atoms with Gasteiger partial charge >= 0.3 is 6.09 Å². The summed E-state index contributed by atoms with van der Waals surface area (Å²) in [6, 6.07) is 19.0. The Bertz CT molecular complexity index is 1490. The van der Waals surface area contributed by atoms with Crippen LogP contribution in [0.5, 0.6) is 17.2 Å². The molecule has 0 aliphatic carbocycles. The zero-order valence-corrected chi connectivity index (χ0v) is 20.6. The highest BCUT2D eigenvalue weighted by Gasteiger charge is 2.46.